The van der Waals surface area contributed by atoms with Crippen LogP contribution >= 0.6 is 0 Å². The van der Waals surface area contributed by atoms with Gasteiger partial charge in [0.1, 0.15) is 12.1 Å². The first-order valence-corrected chi connectivity index (χ1v) is 11.0. The Hall–Kier alpha value is -3.15. The van der Waals surface area contributed by atoms with Gasteiger partial charge in [0.25, 0.3) is 0 Å². The van der Waals surface area contributed by atoms with Crippen molar-refractivity contribution in [3.05, 3.63) is 36.7 Å². The normalized spacial score (nSPS) is 22.4. The minimum Gasteiger partial charge on any atom is -0.378 e. The van der Waals surface area contributed by atoms with Gasteiger partial charge in [-0.15, -0.1) is 5.10 Å². The van der Waals surface area contributed by atoms with E-state index in [2.05, 4.69) is 48.9 Å². The first-order chi connectivity index (χ1) is 15.6. The van der Waals surface area contributed by atoms with Gasteiger partial charge in [-0.3, -0.25) is 10.6 Å². The number of hydrazone groups is 1. The predicted molar refractivity (Wildman–Crippen MR) is 126 cm³/mol. The Morgan fingerprint density at radius 2 is 1.53 bits per heavy atom. The Bertz CT molecular complexity index is 953. The Labute approximate surface area is 187 Å². The van der Waals surface area contributed by atoms with Crippen molar-refractivity contribution in [1.82, 2.24) is 14.9 Å². The van der Waals surface area contributed by atoms with E-state index >= 15 is 0 Å². The Balaban J connectivity index is 1.32. The highest BCUT2D eigenvalue weighted by Crippen LogP contribution is 2.28. The lowest BCUT2D eigenvalue weighted by Gasteiger charge is -2.33. The number of anilines is 4. The van der Waals surface area contributed by atoms with E-state index in [1.54, 1.807) is 16.2 Å². The second kappa shape index (κ2) is 8.77. The summed E-state index contributed by atoms with van der Waals surface area (Å²) in [6.07, 6.45) is 0.959. The van der Waals surface area contributed by atoms with Crippen molar-refractivity contribution in [2.45, 2.75) is 6.29 Å². The molecule has 11 nitrogen and oxygen atoms in total. The molecule has 32 heavy (non-hydrogen) atoms. The van der Waals surface area contributed by atoms with Crippen LogP contribution in [0.25, 0.3) is 0 Å². The van der Waals surface area contributed by atoms with Crippen molar-refractivity contribution in [3.8, 4) is 0 Å². The van der Waals surface area contributed by atoms with Gasteiger partial charge < -0.3 is 25.2 Å². The minimum atomic E-state index is -0.598. The van der Waals surface area contributed by atoms with Crippen LogP contribution in [-0.2, 0) is 4.74 Å². The van der Waals surface area contributed by atoms with Crippen LogP contribution < -0.4 is 31.2 Å². The van der Waals surface area contributed by atoms with E-state index in [1.165, 1.54) is 0 Å². The maximum Gasteiger partial charge on any atom is 0.221 e. The first kappa shape index (κ1) is 20.7. The third-order valence-corrected chi connectivity index (χ3v) is 6.18. The molecule has 5 rings (SSSR count). The molecule has 0 amide bonds. The number of rotatable bonds is 4. The average Bonchev–Trinajstić information content (AvgIpc) is 3.14. The van der Waals surface area contributed by atoms with Crippen molar-refractivity contribution in [1.29, 1.82) is 0 Å². The molecule has 1 unspecified atom stereocenters. The summed E-state index contributed by atoms with van der Waals surface area (Å²) in [6, 6.07) is 10.1. The maximum absolute atomic E-state index is 6.55. The van der Waals surface area contributed by atoms with Crippen LogP contribution in [0.15, 0.2) is 41.8 Å². The second-order valence-corrected chi connectivity index (χ2v) is 8.23. The van der Waals surface area contributed by atoms with Gasteiger partial charge in [-0.25, -0.2) is 15.0 Å². The Morgan fingerprint density at radius 1 is 0.875 bits per heavy atom. The summed E-state index contributed by atoms with van der Waals surface area (Å²) in [5.74, 6) is 1.82. The summed E-state index contributed by atoms with van der Waals surface area (Å²) >= 11 is 0. The highest BCUT2D eigenvalue weighted by molar-refractivity contribution is 5.98. The predicted octanol–water partition coefficient (Wildman–Crippen LogP) is -0.136. The van der Waals surface area contributed by atoms with Crippen molar-refractivity contribution in [2.75, 3.05) is 79.2 Å². The summed E-state index contributed by atoms with van der Waals surface area (Å²) in [4.78, 5) is 17.5. The average molecular weight is 439 g/mol. The van der Waals surface area contributed by atoms with E-state index in [9.17, 15) is 0 Å². The largest absolute Gasteiger partial charge is 0.378 e. The Kier molecular flexibility index (Phi) is 5.68. The van der Waals surface area contributed by atoms with Gasteiger partial charge in [0.15, 0.2) is 12.1 Å². The van der Waals surface area contributed by atoms with Crippen LogP contribution in [0.2, 0.25) is 0 Å². The van der Waals surface area contributed by atoms with Gasteiger partial charge in [0, 0.05) is 56.7 Å². The number of nitrogens with two attached hydrogens (primary N) is 2. The molecule has 2 aromatic rings. The fourth-order valence-electron chi connectivity index (χ4n) is 4.25. The molecule has 11 heteroatoms. The lowest BCUT2D eigenvalue weighted by Crippen LogP contribution is -2.51. The van der Waals surface area contributed by atoms with Crippen LogP contribution in [0.5, 0.6) is 0 Å². The molecule has 0 bridgehead atoms. The lowest BCUT2D eigenvalue weighted by atomic mass is 10.2. The molecule has 1 aromatic carbocycles. The zero-order chi connectivity index (χ0) is 22.1. The smallest absolute Gasteiger partial charge is 0.221 e. The number of morpholine rings is 1. The van der Waals surface area contributed by atoms with E-state index < -0.39 is 6.29 Å². The van der Waals surface area contributed by atoms with Gasteiger partial charge in [-0.1, -0.05) is 0 Å². The van der Waals surface area contributed by atoms with Crippen molar-refractivity contribution >= 4 is 29.0 Å². The minimum absolute atomic E-state index is 0.330. The molecule has 4 heterocycles. The van der Waals surface area contributed by atoms with Gasteiger partial charge in [0.05, 0.1) is 13.2 Å². The monoisotopic (exact) mass is 438 g/mol. The lowest BCUT2D eigenvalue weighted by molar-refractivity contribution is 0.122. The third kappa shape index (κ3) is 4.01. The standard InChI is InChI=1S/C21H30N10O/c1-27-6-8-29(9-7-27)18-14-19(25-15-24-18)31-21(23)30(20(22)26-31)17-4-2-16(3-5-17)28-10-12-32-13-11-28/h2-5,14-15,21H,6-13,23H2,1H3,(H2,22,26). The molecule has 0 radical (unpaired) electrons. The number of benzene rings is 1. The molecule has 1 atom stereocenters. The highest BCUT2D eigenvalue weighted by Gasteiger charge is 2.33. The third-order valence-electron chi connectivity index (χ3n) is 6.18. The topological polar surface area (TPSA) is 116 Å². The summed E-state index contributed by atoms with van der Waals surface area (Å²) < 4.78 is 5.44. The van der Waals surface area contributed by atoms with Gasteiger partial charge in [-0.2, -0.15) is 0 Å². The van der Waals surface area contributed by atoms with Gasteiger partial charge in [-0.05, 0) is 31.3 Å². The van der Waals surface area contributed by atoms with E-state index in [-0.39, 0.29) is 0 Å². The second-order valence-electron chi connectivity index (χ2n) is 8.23. The molecule has 0 saturated carbocycles. The van der Waals surface area contributed by atoms with Crippen molar-refractivity contribution in [3.63, 3.8) is 0 Å². The molecule has 2 fully saturated rings. The van der Waals surface area contributed by atoms with Crippen LogP contribution in [0.4, 0.5) is 23.0 Å². The van der Waals surface area contributed by atoms with Gasteiger partial charge >= 0.3 is 0 Å². The number of likely N-dealkylation sites (N-methyl/N-ethyl adjacent to an activating group) is 1. The van der Waals surface area contributed by atoms with E-state index in [0.29, 0.717) is 11.8 Å². The number of hydrogen-bond donors (Lipinski definition) is 2. The van der Waals surface area contributed by atoms with Crippen LogP contribution in [0.3, 0.4) is 0 Å². The summed E-state index contributed by atoms with van der Waals surface area (Å²) in [7, 11) is 2.13. The molecular weight excluding hydrogens is 408 g/mol. The molecule has 2 saturated heterocycles. The number of piperazine rings is 1. The molecular formula is C21H30N10O. The molecule has 4 N–H and O–H groups in total. The number of ether oxygens (including phenoxy) is 1. The maximum atomic E-state index is 6.55. The number of nitrogens with zero attached hydrogens (tertiary/aromatic N) is 8. The first-order valence-electron chi connectivity index (χ1n) is 11.0. The van der Waals surface area contributed by atoms with Crippen LogP contribution in [0, 0.1) is 0 Å². The SMILES string of the molecule is CN1CCN(c2cc(N3N=C(N)N(c4ccc(N5CCOCC5)cc4)C3N)ncn2)CC1. The van der Waals surface area contributed by atoms with Crippen molar-refractivity contribution < 1.29 is 4.74 Å². The van der Waals surface area contributed by atoms with Gasteiger partial charge in [0.2, 0.25) is 5.96 Å². The Morgan fingerprint density at radius 3 is 2.25 bits per heavy atom. The highest BCUT2D eigenvalue weighted by atomic mass is 16.5. The number of guanidine groups is 1. The summed E-state index contributed by atoms with van der Waals surface area (Å²) in [5, 5.41) is 6.14. The fourth-order valence-corrected chi connectivity index (χ4v) is 4.25. The molecule has 0 spiro atoms. The fraction of sp³-hybridized carbons (Fsp3) is 0.476. The van der Waals surface area contributed by atoms with Crippen LogP contribution in [0.1, 0.15) is 0 Å². The zero-order valence-corrected chi connectivity index (χ0v) is 18.3. The van der Waals surface area contributed by atoms with E-state index in [1.807, 2.05) is 18.2 Å². The van der Waals surface area contributed by atoms with Crippen molar-refractivity contribution in [2.24, 2.45) is 16.6 Å². The number of hydrogen-bond acceptors (Lipinski definition) is 11. The summed E-state index contributed by atoms with van der Waals surface area (Å²) in [6.45, 7) is 7.14. The molecule has 1 aromatic heterocycles. The quantitative estimate of drug-likeness (QED) is 0.668. The molecule has 0 aliphatic carbocycles. The summed E-state index contributed by atoms with van der Waals surface area (Å²) in [5.41, 5.74) is 14.9. The number of aromatic nitrogens is 2. The van der Waals surface area contributed by atoms with E-state index in [0.717, 1.165) is 69.7 Å². The molecule has 170 valence electrons. The van der Waals surface area contributed by atoms with E-state index in [4.69, 9.17) is 16.2 Å². The molecule has 3 aliphatic rings. The zero-order valence-electron chi connectivity index (χ0n) is 18.3. The molecule has 3 aliphatic heterocycles. The van der Waals surface area contributed by atoms with Crippen LogP contribution in [-0.4, -0.2) is 86.6 Å².